The largest absolute Gasteiger partial charge is 0.394 e. The van der Waals surface area contributed by atoms with E-state index in [0.29, 0.717) is 5.92 Å². The van der Waals surface area contributed by atoms with Crippen LogP contribution in [0.1, 0.15) is 39.1 Å². The molecule has 0 saturated heterocycles. The third kappa shape index (κ3) is 2.17. The van der Waals surface area contributed by atoms with Gasteiger partial charge in [0.1, 0.15) is 0 Å². The lowest BCUT2D eigenvalue weighted by Crippen LogP contribution is -2.62. The molecule has 0 unspecified atom stereocenters. The summed E-state index contributed by atoms with van der Waals surface area (Å²) in [4.78, 5) is 3.37. The van der Waals surface area contributed by atoms with Gasteiger partial charge in [0.25, 0.3) is 0 Å². The normalized spacial score (nSPS) is 13.4. The van der Waals surface area contributed by atoms with Crippen LogP contribution in [0.3, 0.4) is 0 Å². The van der Waals surface area contributed by atoms with Crippen molar-refractivity contribution in [2.75, 3.05) is 14.2 Å². The Morgan fingerprint density at radius 3 is 1.94 bits per heavy atom. The summed E-state index contributed by atoms with van der Waals surface area (Å²) in [5.74, 6) is 0.485. The fourth-order valence-electron chi connectivity index (χ4n) is 2.62. The van der Waals surface area contributed by atoms with E-state index in [0.717, 1.165) is 11.4 Å². The molecule has 1 rings (SSSR count). The van der Waals surface area contributed by atoms with Gasteiger partial charge in [-0.25, -0.2) is 0 Å². The van der Waals surface area contributed by atoms with Crippen molar-refractivity contribution >= 4 is 13.7 Å². The first-order valence-electron chi connectivity index (χ1n) is 6.50. The van der Waals surface area contributed by atoms with Crippen molar-refractivity contribution in [3.63, 3.8) is 0 Å². The summed E-state index contributed by atoms with van der Waals surface area (Å²) in [6, 6.07) is 2.18. The maximum Gasteiger partial charge on any atom is 0.379 e. The second-order valence-corrected chi connectivity index (χ2v) is 9.77. The standard InChI is InChI=1S/C14H27NO2Si/c1-10(2)14(5,6)18(16-7,17-8)13-9-11(3)15-12(13)4/h9-10,15H,1-8H3. The lowest BCUT2D eigenvalue weighted by atomic mass is 9.99. The van der Waals surface area contributed by atoms with Crippen LogP contribution in [0, 0.1) is 19.8 Å². The fraction of sp³-hybridized carbons (Fsp3) is 0.714. The van der Waals surface area contributed by atoms with E-state index in [1.165, 1.54) is 5.19 Å². The molecule has 104 valence electrons. The first-order valence-corrected chi connectivity index (χ1v) is 8.31. The van der Waals surface area contributed by atoms with Crippen LogP contribution >= 0.6 is 0 Å². The summed E-state index contributed by atoms with van der Waals surface area (Å²) in [5, 5.41) is 1.22. The minimum absolute atomic E-state index is 0.00407. The zero-order valence-electron chi connectivity index (χ0n) is 13.0. The monoisotopic (exact) mass is 269 g/mol. The Kier molecular flexibility index (Phi) is 4.46. The zero-order chi connectivity index (χ0) is 14.1. The van der Waals surface area contributed by atoms with E-state index in [-0.39, 0.29) is 5.04 Å². The van der Waals surface area contributed by atoms with Gasteiger partial charge < -0.3 is 13.8 Å². The SMILES string of the molecule is CO[Si](OC)(c1cc(C)[nH]c1C)C(C)(C)C(C)C. The van der Waals surface area contributed by atoms with Crippen molar-refractivity contribution < 1.29 is 8.85 Å². The second kappa shape index (κ2) is 5.19. The molecule has 4 heteroatoms. The predicted octanol–water partition coefficient (Wildman–Crippen LogP) is 3.01. The van der Waals surface area contributed by atoms with E-state index >= 15 is 0 Å². The Morgan fingerprint density at radius 1 is 1.17 bits per heavy atom. The summed E-state index contributed by atoms with van der Waals surface area (Å²) in [5.41, 5.74) is 2.32. The maximum absolute atomic E-state index is 5.99. The molecule has 0 aliphatic heterocycles. The lowest BCUT2D eigenvalue weighted by Gasteiger charge is -2.44. The molecule has 0 radical (unpaired) electrons. The number of aromatic nitrogens is 1. The Balaban J connectivity index is 3.45. The summed E-state index contributed by atoms with van der Waals surface area (Å²) < 4.78 is 12.0. The first-order chi connectivity index (χ1) is 8.22. The van der Waals surface area contributed by atoms with Gasteiger partial charge in [-0.1, -0.05) is 27.7 Å². The average Bonchev–Trinajstić information content (AvgIpc) is 2.60. The third-order valence-electron chi connectivity index (χ3n) is 4.37. The third-order valence-corrected chi connectivity index (χ3v) is 9.02. The Morgan fingerprint density at radius 2 is 1.67 bits per heavy atom. The van der Waals surface area contributed by atoms with Crippen molar-refractivity contribution in [2.24, 2.45) is 5.92 Å². The molecule has 1 aromatic rings. The van der Waals surface area contributed by atoms with Crippen LogP contribution in [0.2, 0.25) is 5.04 Å². The molecule has 0 saturated carbocycles. The van der Waals surface area contributed by atoms with Gasteiger partial charge in [-0.2, -0.15) is 0 Å². The Bertz CT molecular complexity index is 406. The fourth-order valence-corrected chi connectivity index (χ4v) is 6.70. The highest BCUT2D eigenvalue weighted by atomic mass is 28.4. The van der Waals surface area contributed by atoms with Gasteiger partial charge in [0.15, 0.2) is 0 Å². The number of H-pyrrole nitrogens is 1. The molecule has 0 aromatic carbocycles. The molecule has 0 amide bonds. The molecule has 18 heavy (non-hydrogen) atoms. The highest BCUT2D eigenvalue weighted by Crippen LogP contribution is 2.44. The molecule has 1 aromatic heterocycles. The topological polar surface area (TPSA) is 34.2 Å². The van der Waals surface area contributed by atoms with Crippen LogP contribution in [0.5, 0.6) is 0 Å². The van der Waals surface area contributed by atoms with Crippen LogP contribution in [0.15, 0.2) is 6.07 Å². The van der Waals surface area contributed by atoms with Gasteiger partial charge >= 0.3 is 8.56 Å². The zero-order valence-corrected chi connectivity index (χ0v) is 14.0. The molecule has 0 fully saturated rings. The molecule has 1 N–H and O–H groups in total. The number of aryl methyl sites for hydroxylation is 2. The van der Waals surface area contributed by atoms with Gasteiger partial charge in [0.05, 0.1) is 0 Å². The van der Waals surface area contributed by atoms with Crippen molar-refractivity contribution in [1.29, 1.82) is 0 Å². The predicted molar refractivity (Wildman–Crippen MR) is 78.6 cm³/mol. The number of aromatic amines is 1. The minimum Gasteiger partial charge on any atom is -0.394 e. The second-order valence-electron chi connectivity index (χ2n) is 5.89. The summed E-state index contributed by atoms with van der Waals surface area (Å²) in [6.07, 6.45) is 0. The molecule has 0 aliphatic rings. The maximum atomic E-state index is 5.99. The number of hydrogen-bond donors (Lipinski definition) is 1. The van der Waals surface area contributed by atoms with Gasteiger partial charge in [-0.3, -0.25) is 0 Å². The molecule has 3 nitrogen and oxygen atoms in total. The minimum atomic E-state index is -2.47. The van der Waals surface area contributed by atoms with Crippen LogP contribution in [0.25, 0.3) is 0 Å². The lowest BCUT2D eigenvalue weighted by molar-refractivity contribution is 0.207. The van der Waals surface area contributed by atoms with Crippen molar-refractivity contribution in [3.05, 3.63) is 17.5 Å². The summed E-state index contributed by atoms with van der Waals surface area (Å²) in [7, 11) is 1.09. The Hall–Kier alpha value is -0.583. The van der Waals surface area contributed by atoms with E-state index in [1.54, 1.807) is 14.2 Å². The van der Waals surface area contributed by atoms with E-state index in [4.69, 9.17) is 8.85 Å². The highest BCUT2D eigenvalue weighted by molar-refractivity contribution is 6.84. The van der Waals surface area contributed by atoms with Crippen molar-refractivity contribution in [3.8, 4) is 0 Å². The van der Waals surface area contributed by atoms with Gasteiger partial charge in [0, 0.05) is 35.8 Å². The molecule has 0 aliphatic carbocycles. The van der Waals surface area contributed by atoms with E-state index in [2.05, 4.69) is 52.6 Å². The first kappa shape index (κ1) is 15.5. The van der Waals surface area contributed by atoms with Crippen LogP contribution in [-0.2, 0) is 8.85 Å². The van der Waals surface area contributed by atoms with Gasteiger partial charge in [-0.15, -0.1) is 0 Å². The number of nitrogens with one attached hydrogen (secondary N) is 1. The summed E-state index contributed by atoms with van der Waals surface area (Å²) in [6.45, 7) is 13.1. The van der Waals surface area contributed by atoms with E-state index in [1.807, 2.05) is 0 Å². The smallest absolute Gasteiger partial charge is 0.379 e. The van der Waals surface area contributed by atoms with Crippen LogP contribution in [0.4, 0.5) is 0 Å². The van der Waals surface area contributed by atoms with Crippen molar-refractivity contribution in [1.82, 2.24) is 4.98 Å². The van der Waals surface area contributed by atoms with Crippen LogP contribution in [-0.4, -0.2) is 27.8 Å². The molecule has 0 spiro atoms. The Labute approximate surface area is 112 Å². The van der Waals surface area contributed by atoms with E-state index < -0.39 is 8.56 Å². The average molecular weight is 269 g/mol. The van der Waals surface area contributed by atoms with Gasteiger partial charge in [0.2, 0.25) is 0 Å². The number of rotatable bonds is 5. The quantitative estimate of drug-likeness (QED) is 0.834. The summed E-state index contributed by atoms with van der Waals surface area (Å²) >= 11 is 0. The number of hydrogen-bond acceptors (Lipinski definition) is 2. The molecular formula is C14H27NO2Si. The highest BCUT2D eigenvalue weighted by Gasteiger charge is 2.55. The van der Waals surface area contributed by atoms with E-state index in [9.17, 15) is 0 Å². The molecule has 1 heterocycles. The molecular weight excluding hydrogens is 242 g/mol. The molecule has 0 atom stereocenters. The molecule has 0 bridgehead atoms. The van der Waals surface area contributed by atoms with Gasteiger partial charge in [-0.05, 0) is 25.8 Å². The van der Waals surface area contributed by atoms with Crippen LogP contribution < -0.4 is 5.19 Å². The van der Waals surface area contributed by atoms with Crippen molar-refractivity contribution in [2.45, 2.75) is 46.6 Å².